The fourth-order valence-electron chi connectivity index (χ4n) is 4.78. The molecule has 0 bridgehead atoms. The molecule has 1 aliphatic heterocycles. The fraction of sp³-hybridized carbons (Fsp3) is 0.515. The van der Waals surface area contributed by atoms with Crippen LogP contribution in [0.2, 0.25) is 0 Å². The molecule has 1 aliphatic rings. The number of hydrogen-bond donors (Lipinski definition) is 4. The number of hydrogen-bond acceptors (Lipinski definition) is 8. The Balaban J connectivity index is 0.00000221. The van der Waals surface area contributed by atoms with Crippen molar-refractivity contribution in [3.63, 3.8) is 0 Å². The number of phenols is 2. The van der Waals surface area contributed by atoms with E-state index < -0.39 is 5.97 Å². The maximum Gasteiger partial charge on any atom is 0.335 e. The molecule has 4 N–H and O–H groups in total. The minimum absolute atomic E-state index is 0.0521. The van der Waals surface area contributed by atoms with Crippen LogP contribution in [-0.4, -0.2) is 53.0 Å². The van der Waals surface area contributed by atoms with E-state index in [9.17, 15) is 24.9 Å². The Hall–Kier alpha value is -3.92. The van der Waals surface area contributed by atoms with E-state index in [4.69, 9.17) is 19.1 Å². The third kappa shape index (κ3) is 15.2. The predicted octanol–water partition coefficient (Wildman–Crippen LogP) is 7.41. The Morgan fingerprint density at radius 3 is 1.98 bits per heavy atom. The molecule has 3 rings (SSSR count). The van der Waals surface area contributed by atoms with Gasteiger partial charge in [0.05, 0.1) is 23.5 Å². The first kappa shape index (κ1) is 37.1. The number of aromatic hydroxyl groups is 2. The molecule has 2 aromatic rings. The number of anilines is 1. The number of nitrogens with one attached hydrogen (secondary N) is 1. The molecule has 10 nitrogen and oxygen atoms in total. The largest absolute Gasteiger partial charge is 0.508 e. The van der Waals surface area contributed by atoms with Gasteiger partial charge in [0.2, 0.25) is 5.91 Å². The lowest BCUT2D eigenvalue weighted by Crippen LogP contribution is -2.12. The summed E-state index contributed by atoms with van der Waals surface area (Å²) in [5.74, 6) is -1.42. The summed E-state index contributed by atoms with van der Waals surface area (Å²) in [7, 11) is 0. The van der Waals surface area contributed by atoms with Crippen molar-refractivity contribution in [1.29, 1.82) is 0 Å². The average molecular weight is 602 g/mol. The van der Waals surface area contributed by atoms with Gasteiger partial charge in [0.1, 0.15) is 30.8 Å². The molecule has 2 atom stereocenters. The van der Waals surface area contributed by atoms with Crippen LogP contribution in [0.25, 0.3) is 0 Å². The maximum atomic E-state index is 12.6. The molecule has 0 aliphatic carbocycles. The second-order valence-corrected chi connectivity index (χ2v) is 10.4. The lowest BCUT2D eigenvalue weighted by atomic mass is 10.0. The summed E-state index contributed by atoms with van der Waals surface area (Å²) in [5.41, 5.74) is 0.121. The molecule has 2 aromatic carbocycles. The summed E-state index contributed by atoms with van der Waals surface area (Å²) in [5, 5.41) is 31.6. The number of rotatable bonds is 19. The number of benzene rings is 2. The minimum Gasteiger partial charge on any atom is -0.508 e. The highest BCUT2D eigenvalue weighted by atomic mass is 16.6. The predicted molar refractivity (Wildman–Crippen MR) is 165 cm³/mol. The van der Waals surface area contributed by atoms with Gasteiger partial charge in [0, 0.05) is 18.6 Å². The van der Waals surface area contributed by atoms with E-state index in [0.29, 0.717) is 18.6 Å². The normalized spacial score (nSPS) is 14.8. The molecule has 0 aromatic heterocycles. The Morgan fingerprint density at radius 2 is 1.37 bits per heavy atom. The third-order valence-corrected chi connectivity index (χ3v) is 7.03. The van der Waals surface area contributed by atoms with Crippen LogP contribution in [0.1, 0.15) is 107 Å². The molecule has 238 valence electrons. The van der Waals surface area contributed by atoms with Crippen molar-refractivity contribution in [2.75, 3.05) is 5.32 Å². The molecule has 1 amide bonds. The zero-order chi connectivity index (χ0) is 32.0. The first-order chi connectivity index (χ1) is 20.9. The summed E-state index contributed by atoms with van der Waals surface area (Å²) < 4.78 is 11.5. The monoisotopic (exact) mass is 601 g/mol. The van der Waals surface area contributed by atoms with Gasteiger partial charge in [-0.05, 0) is 43.5 Å². The van der Waals surface area contributed by atoms with Gasteiger partial charge in [0.15, 0.2) is 5.75 Å². The highest BCUT2D eigenvalue weighted by molar-refractivity contribution is 5.92. The Kier molecular flexibility index (Phi) is 18.8. The van der Waals surface area contributed by atoms with Gasteiger partial charge in [-0.25, -0.2) is 4.79 Å². The van der Waals surface area contributed by atoms with E-state index in [1.807, 2.05) is 13.6 Å². The van der Waals surface area contributed by atoms with E-state index in [2.05, 4.69) is 12.2 Å². The van der Waals surface area contributed by atoms with E-state index in [-0.39, 0.29) is 40.2 Å². The average Bonchev–Trinajstić information content (AvgIpc) is 3.75. The van der Waals surface area contributed by atoms with Gasteiger partial charge in [-0.2, -0.15) is 0 Å². The van der Waals surface area contributed by atoms with Gasteiger partial charge in [-0.3, -0.25) is 4.79 Å². The van der Waals surface area contributed by atoms with Gasteiger partial charge in [-0.15, -0.1) is 0 Å². The van der Waals surface area contributed by atoms with Crippen molar-refractivity contribution >= 4 is 31.1 Å². The first-order valence-corrected chi connectivity index (χ1v) is 15.0. The van der Waals surface area contributed by atoms with Crippen LogP contribution in [0, 0.1) is 0 Å². The summed E-state index contributed by atoms with van der Waals surface area (Å²) in [6.45, 7) is 6.25. The van der Waals surface area contributed by atoms with Crippen molar-refractivity contribution < 1.29 is 44.0 Å². The molecule has 0 spiro atoms. The quantitative estimate of drug-likeness (QED) is 0.0948. The minimum atomic E-state index is -1.21. The third-order valence-electron chi connectivity index (χ3n) is 7.03. The Bertz CT molecular complexity index is 1110. The van der Waals surface area contributed by atoms with Crippen molar-refractivity contribution in [2.45, 2.75) is 109 Å². The van der Waals surface area contributed by atoms with Crippen LogP contribution in [0.3, 0.4) is 0 Å². The van der Waals surface area contributed by atoms with Crippen molar-refractivity contribution in [3.8, 4) is 23.0 Å². The second kappa shape index (κ2) is 21.7. The topological polar surface area (TPSA) is 163 Å². The molecule has 1 saturated heterocycles. The number of epoxide rings is 1. The SMILES string of the molecule is C=O.C=O.CCCCCCCCCCCC1OC1CCCCC(=O)Nc1cc(O)ccc1Oc1cc(O)cc(C(=O)O)c1. The van der Waals surface area contributed by atoms with Gasteiger partial charge < -0.3 is 39.7 Å². The second-order valence-electron chi connectivity index (χ2n) is 10.4. The number of unbranched alkanes of at least 4 members (excludes halogenated alkanes) is 9. The molecule has 0 saturated carbocycles. The molecule has 0 radical (unpaired) electrons. The van der Waals surface area contributed by atoms with Crippen LogP contribution >= 0.6 is 0 Å². The lowest BCUT2D eigenvalue weighted by molar-refractivity contribution is -0.116. The number of carboxylic acids is 1. The fourth-order valence-corrected chi connectivity index (χ4v) is 4.78. The van der Waals surface area contributed by atoms with Crippen molar-refractivity contribution in [3.05, 3.63) is 42.0 Å². The van der Waals surface area contributed by atoms with Gasteiger partial charge >= 0.3 is 5.97 Å². The number of phenolic OH excluding ortho intramolecular Hbond substituents is 2. The number of carboxylic acid groups (broad SMARTS) is 1. The number of carbonyl (C=O) groups is 4. The highest BCUT2D eigenvalue weighted by Gasteiger charge is 2.36. The van der Waals surface area contributed by atoms with Crippen LogP contribution < -0.4 is 10.1 Å². The molecule has 10 heteroatoms. The Morgan fingerprint density at radius 1 is 0.791 bits per heavy atom. The van der Waals surface area contributed by atoms with Gasteiger partial charge in [-0.1, -0.05) is 71.1 Å². The van der Waals surface area contributed by atoms with Crippen LogP contribution in [-0.2, 0) is 19.1 Å². The smallest absolute Gasteiger partial charge is 0.335 e. The maximum absolute atomic E-state index is 12.6. The number of ether oxygens (including phenoxy) is 2. The van der Waals surface area contributed by atoms with Crippen LogP contribution in [0.5, 0.6) is 23.0 Å². The van der Waals surface area contributed by atoms with Crippen LogP contribution in [0.15, 0.2) is 36.4 Å². The van der Waals surface area contributed by atoms with E-state index in [0.717, 1.165) is 31.7 Å². The lowest BCUT2D eigenvalue weighted by Gasteiger charge is -2.13. The van der Waals surface area contributed by atoms with E-state index >= 15 is 0 Å². The molecule has 1 fully saturated rings. The van der Waals surface area contributed by atoms with E-state index in [1.165, 1.54) is 88.1 Å². The van der Waals surface area contributed by atoms with Crippen molar-refractivity contribution in [2.24, 2.45) is 0 Å². The number of amides is 1. The summed E-state index contributed by atoms with van der Waals surface area (Å²) in [6.07, 6.45) is 16.7. The zero-order valence-electron chi connectivity index (χ0n) is 25.2. The summed E-state index contributed by atoms with van der Waals surface area (Å²) >= 11 is 0. The summed E-state index contributed by atoms with van der Waals surface area (Å²) in [6, 6.07) is 7.88. The number of aromatic carboxylic acids is 1. The van der Waals surface area contributed by atoms with Crippen LogP contribution in [0.4, 0.5) is 5.69 Å². The molecular formula is C33H47NO9. The first-order valence-electron chi connectivity index (χ1n) is 15.0. The Labute approximate surface area is 254 Å². The number of carbonyl (C=O) groups excluding carboxylic acids is 3. The van der Waals surface area contributed by atoms with E-state index in [1.54, 1.807) is 0 Å². The van der Waals surface area contributed by atoms with Crippen molar-refractivity contribution in [1.82, 2.24) is 0 Å². The van der Waals surface area contributed by atoms with Gasteiger partial charge in [0.25, 0.3) is 0 Å². The molecular weight excluding hydrogens is 554 g/mol. The standard InChI is InChI=1S/C31H43NO7.2CH2O/c1-2-3-4-5-6-7-8-9-10-13-28-29(39-28)14-11-12-15-30(35)32-26-21-23(33)16-17-27(26)38-25-19-22(31(36)37)18-24(34)20-25;2*1-2/h16-21,28-29,33-34H,2-15H2,1H3,(H,32,35)(H,36,37);2*1H2. The molecule has 1 heterocycles. The zero-order valence-corrected chi connectivity index (χ0v) is 25.2. The molecule has 2 unspecified atom stereocenters. The molecule has 43 heavy (non-hydrogen) atoms. The summed E-state index contributed by atoms with van der Waals surface area (Å²) in [4.78, 5) is 39.8. The highest BCUT2D eigenvalue weighted by Crippen LogP contribution is 2.35.